The standard InChI is InChI=1S/C17H22F3N5O2/c18-17(19,20)16(22-23-16)13-4-3-6-24(10-13)15(26)12-8-21-25(9-12)11-14-5-1-2-7-27-14/h8-9,13-14H,1-7,10-11H2. The highest BCUT2D eigenvalue weighted by Gasteiger charge is 2.68. The minimum absolute atomic E-state index is 0.00224. The number of halogens is 3. The zero-order valence-corrected chi connectivity index (χ0v) is 14.9. The zero-order valence-electron chi connectivity index (χ0n) is 14.9. The molecular weight excluding hydrogens is 363 g/mol. The lowest BCUT2D eigenvalue weighted by Crippen LogP contribution is -2.49. The normalized spacial score (nSPS) is 27.6. The topological polar surface area (TPSA) is 72.1 Å². The molecule has 0 saturated carbocycles. The van der Waals surface area contributed by atoms with Crippen molar-refractivity contribution in [2.24, 2.45) is 16.1 Å². The second kappa shape index (κ2) is 6.88. The molecule has 7 nitrogen and oxygen atoms in total. The van der Waals surface area contributed by atoms with Crippen LogP contribution in [0.1, 0.15) is 42.5 Å². The molecule has 3 aliphatic heterocycles. The molecule has 4 heterocycles. The highest BCUT2D eigenvalue weighted by atomic mass is 19.4. The Kier molecular flexibility index (Phi) is 4.69. The van der Waals surface area contributed by atoms with E-state index in [9.17, 15) is 18.0 Å². The first kappa shape index (κ1) is 18.4. The zero-order chi connectivity index (χ0) is 19.1. The van der Waals surface area contributed by atoms with Crippen LogP contribution in [-0.2, 0) is 11.3 Å². The Hall–Kier alpha value is -1.97. The molecule has 2 saturated heterocycles. The maximum Gasteiger partial charge on any atom is 0.438 e. The Balaban J connectivity index is 1.39. The minimum atomic E-state index is -4.51. The molecule has 0 aromatic carbocycles. The molecule has 2 atom stereocenters. The summed E-state index contributed by atoms with van der Waals surface area (Å²) in [6.07, 6.45) is 2.70. The van der Waals surface area contributed by atoms with Crippen molar-refractivity contribution in [1.29, 1.82) is 0 Å². The fourth-order valence-corrected chi connectivity index (χ4v) is 3.97. The number of hydrogen-bond donors (Lipinski definition) is 0. The number of aromatic nitrogens is 2. The number of rotatable bonds is 4. The molecule has 27 heavy (non-hydrogen) atoms. The molecule has 2 fully saturated rings. The Morgan fingerprint density at radius 1 is 1.26 bits per heavy atom. The van der Waals surface area contributed by atoms with E-state index >= 15 is 0 Å². The fraction of sp³-hybridized carbons (Fsp3) is 0.765. The van der Waals surface area contributed by atoms with Crippen molar-refractivity contribution < 1.29 is 22.7 Å². The van der Waals surface area contributed by atoms with E-state index in [4.69, 9.17) is 4.74 Å². The summed E-state index contributed by atoms with van der Waals surface area (Å²) in [5, 5.41) is 10.8. The Morgan fingerprint density at radius 3 is 2.74 bits per heavy atom. The summed E-state index contributed by atoms with van der Waals surface area (Å²) in [4.78, 5) is 14.2. The van der Waals surface area contributed by atoms with E-state index in [1.807, 2.05) is 0 Å². The monoisotopic (exact) mass is 385 g/mol. The molecule has 2 unspecified atom stereocenters. The van der Waals surface area contributed by atoms with E-state index in [2.05, 4.69) is 15.3 Å². The number of likely N-dealkylation sites (tertiary alicyclic amines) is 1. The lowest BCUT2D eigenvalue weighted by Gasteiger charge is -2.35. The first-order valence-corrected chi connectivity index (χ1v) is 9.33. The van der Waals surface area contributed by atoms with Gasteiger partial charge < -0.3 is 9.64 Å². The van der Waals surface area contributed by atoms with Gasteiger partial charge in [0, 0.05) is 31.8 Å². The Labute approximate surface area is 154 Å². The van der Waals surface area contributed by atoms with Gasteiger partial charge in [0.2, 0.25) is 0 Å². The molecule has 3 aliphatic rings. The second-order valence-corrected chi connectivity index (χ2v) is 7.45. The van der Waals surface area contributed by atoms with Gasteiger partial charge in [-0.1, -0.05) is 0 Å². The van der Waals surface area contributed by atoms with Gasteiger partial charge in [-0.2, -0.15) is 18.3 Å². The van der Waals surface area contributed by atoms with E-state index in [0.717, 1.165) is 25.9 Å². The van der Waals surface area contributed by atoms with Crippen LogP contribution in [0.15, 0.2) is 22.6 Å². The third-order valence-corrected chi connectivity index (χ3v) is 5.56. The number of amides is 1. The predicted molar refractivity (Wildman–Crippen MR) is 88.1 cm³/mol. The average Bonchev–Trinajstić information content (AvgIpc) is 3.37. The number of carbonyl (C=O) groups is 1. The van der Waals surface area contributed by atoms with Gasteiger partial charge in [-0.15, -0.1) is 10.2 Å². The van der Waals surface area contributed by atoms with Gasteiger partial charge >= 0.3 is 6.18 Å². The van der Waals surface area contributed by atoms with E-state index in [1.54, 1.807) is 10.9 Å². The molecule has 0 radical (unpaired) electrons. The van der Waals surface area contributed by atoms with Crippen LogP contribution in [0.4, 0.5) is 13.2 Å². The van der Waals surface area contributed by atoms with E-state index in [0.29, 0.717) is 31.5 Å². The first-order chi connectivity index (χ1) is 12.9. The maximum absolute atomic E-state index is 13.2. The van der Waals surface area contributed by atoms with Crippen molar-refractivity contribution >= 4 is 5.91 Å². The molecule has 1 aromatic heterocycles. The number of alkyl halides is 3. The number of ether oxygens (including phenoxy) is 1. The third-order valence-electron chi connectivity index (χ3n) is 5.56. The van der Waals surface area contributed by atoms with Gasteiger partial charge in [-0.05, 0) is 32.1 Å². The van der Waals surface area contributed by atoms with Crippen LogP contribution >= 0.6 is 0 Å². The molecule has 1 aromatic rings. The highest BCUT2D eigenvalue weighted by molar-refractivity contribution is 5.93. The van der Waals surface area contributed by atoms with Gasteiger partial charge in [-0.3, -0.25) is 9.48 Å². The van der Waals surface area contributed by atoms with Crippen LogP contribution < -0.4 is 0 Å². The number of carbonyl (C=O) groups excluding carboxylic acids is 1. The van der Waals surface area contributed by atoms with Crippen LogP contribution in [0.2, 0.25) is 0 Å². The van der Waals surface area contributed by atoms with Gasteiger partial charge in [-0.25, -0.2) is 0 Å². The quantitative estimate of drug-likeness (QED) is 0.800. The maximum atomic E-state index is 13.2. The summed E-state index contributed by atoms with van der Waals surface area (Å²) in [5.41, 5.74) is -1.92. The summed E-state index contributed by atoms with van der Waals surface area (Å²) in [6.45, 7) is 1.75. The molecule has 148 valence electrons. The van der Waals surface area contributed by atoms with E-state index < -0.39 is 17.8 Å². The molecule has 4 rings (SSSR count). The average molecular weight is 385 g/mol. The third kappa shape index (κ3) is 3.59. The molecule has 0 aliphatic carbocycles. The highest BCUT2D eigenvalue weighted by Crippen LogP contribution is 2.51. The van der Waals surface area contributed by atoms with Crippen molar-refractivity contribution in [2.75, 3.05) is 19.7 Å². The minimum Gasteiger partial charge on any atom is -0.376 e. The Bertz CT molecular complexity index is 720. The summed E-state index contributed by atoms with van der Waals surface area (Å²) in [7, 11) is 0. The summed E-state index contributed by atoms with van der Waals surface area (Å²) in [5.74, 6) is -1.12. The van der Waals surface area contributed by atoms with Gasteiger partial charge in [0.05, 0.1) is 24.4 Å². The summed E-state index contributed by atoms with van der Waals surface area (Å²) >= 11 is 0. The van der Waals surface area contributed by atoms with Crippen molar-refractivity contribution in [1.82, 2.24) is 14.7 Å². The van der Waals surface area contributed by atoms with Crippen molar-refractivity contribution in [3.05, 3.63) is 18.0 Å². The molecule has 0 bridgehead atoms. The van der Waals surface area contributed by atoms with Gasteiger partial charge in [0.15, 0.2) is 0 Å². The van der Waals surface area contributed by atoms with Crippen molar-refractivity contribution in [3.8, 4) is 0 Å². The van der Waals surface area contributed by atoms with E-state index in [1.165, 1.54) is 11.1 Å². The van der Waals surface area contributed by atoms with Crippen LogP contribution in [0, 0.1) is 5.92 Å². The molecule has 0 spiro atoms. The van der Waals surface area contributed by atoms with Crippen LogP contribution in [0.25, 0.3) is 0 Å². The molecule has 0 N–H and O–H groups in total. The smallest absolute Gasteiger partial charge is 0.376 e. The van der Waals surface area contributed by atoms with Crippen molar-refractivity contribution in [2.45, 2.75) is 56.6 Å². The summed E-state index contributed by atoms with van der Waals surface area (Å²) < 4.78 is 47.1. The van der Waals surface area contributed by atoms with E-state index in [-0.39, 0.29) is 18.6 Å². The van der Waals surface area contributed by atoms with Crippen LogP contribution in [0.3, 0.4) is 0 Å². The van der Waals surface area contributed by atoms with Gasteiger partial charge in [0.1, 0.15) is 0 Å². The number of nitrogens with zero attached hydrogens (tertiary/aromatic N) is 5. The SMILES string of the molecule is O=C(c1cnn(CC2CCCCO2)c1)N1CCCC(C2(C(F)(F)F)N=N2)C1. The van der Waals surface area contributed by atoms with Crippen molar-refractivity contribution in [3.63, 3.8) is 0 Å². The lowest BCUT2D eigenvalue weighted by atomic mass is 9.87. The van der Waals surface area contributed by atoms with Crippen LogP contribution in [0.5, 0.6) is 0 Å². The Morgan fingerprint density at radius 2 is 2.07 bits per heavy atom. The lowest BCUT2D eigenvalue weighted by molar-refractivity contribution is -0.180. The van der Waals surface area contributed by atoms with Gasteiger partial charge in [0.25, 0.3) is 11.6 Å². The summed E-state index contributed by atoms with van der Waals surface area (Å²) in [6, 6.07) is 0. The first-order valence-electron chi connectivity index (χ1n) is 9.33. The molecule has 1 amide bonds. The fourth-order valence-electron chi connectivity index (χ4n) is 3.97. The molecule has 10 heteroatoms. The molecular formula is C17H22F3N5O2. The number of piperidine rings is 1. The predicted octanol–water partition coefficient (Wildman–Crippen LogP) is 3.03. The second-order valence-electron chi connectivity index (χ2n) is 7.45. The largest absolute Gasteiger partial charge is 0.438 e. The van der Waals surface area contributed by atoms with Crippen LogP contribution in [-0.4, -0.2) is 58.2 Å². The number of hydrogen-bond acceptors (Lipinski definition) is 5.